The van der Waals surface area contributed by atoms with Crippen molar-refractivity contribution in [3.63, 3.8) is 0 Å². The molecule has 2 heterocycles. The Bertz CT molecular complexity index is 482. The van der Waals surface area contributed by atoms with Crippen LogP contribution in [-0.2, 0) is 6.18 Å². The Kier molecular flexibility index (Phi) is 4.61. The fourth-order valence-electron chi connectivity index (χ4n) is 2.67. The van der Waals surface area contributed by atoms with Crippen LogP contribution < -0.4 is 10.6 Å². The fourth-order valence-corrected chi connectivity index (χ4v) is 2.67. The number of alkyl halides is 3. The summed E-state index contributed by atoms with van der Waals surface area (Å²) in [5, 5.41) is 0. The standard InChI is InChI=1S/C14H21F3N4/c1-20-5-3-10(4-6-20)9-21(2)12-7-13(14(15,16)17)19-8-11(12)18/h7-8,10H,3-6,9,18H2,1-2H3. The number of nitrogens with zero attached hydrogens (tertiary/aromatic N) is 3. The average molecular weight is 302 g/mol. The third-order valence-electron chi connectivity index (χ3n) is 3.98. The Morgan fingerprint density at radius 1 is 1.38 bits per heavy atom. The fraction of sp³-hybridized carbons (Fsp3) is 0.643. The zero-order valence-electron chi connectivity index (χ0n) is 12.3. The first-order valence-corrected chi connectivity index (χ1v) is 6.99. The Hall–Kier alpha value is -1.50. The number of piperidine rings is 1. The Balaban J connectivity index is 2.09. The largest absolute Gasteiger partial charge is 0.433 e. The second-order valence-corrected chi connectivity index (χ2v) is 5.75. The molecule has 0 radical (unpaired) electrons. The quantitative estimate of drug-likeness (QED) is 0.931. The molecule has 0 bridgehead atoms. The molecule has 1 saturated heterocycles. The summed E-state index contributed by atoms with van der Waals surface area (Å²) in [6, 6.07) is 1.03. The molecule has 0 aliphatic carbocycles. The van der Waals surface area contributed by atoms with Gasteiger partial charge in [-0.1, -0.05) is 0 Å². The van der Waals surface area contributed by atoms with Crippen molar-refractivity contribution in [1.82, 2.24) is 9.88 Å². The van der Waals surface area contributed by atoms with Crippen molar-refractivity contribution in [2.24, 2.45) is 5.92 Å². The summed E-state index contributed by atoms with van der Waals surface area (Å²) in [6.07, 6.45) is -1.25. The zero-order valence-corrected chi connectivity index (χ0v) is 12.3. The Labute approximate surface area is 122 Å². The minimum absolute atomic E-state index is 0.276. The summed E-state index contributed by atoms with van der Waals surface area (Å²) in [4.78, 5) is 7.44. The third kappa shape index (κ3) is 4.00. The summed E-state index contributed by atoms with van der Waals surface area (Å²) in [6.45, 7) is 2.76. The van der Waals surface area contributed by atoms with Gasteiger partial charge in [-0.15, -0.1) is 0 Å². The SMILES string of the molecule is CN1CCC(CN(C)c2cc(C(F)(F)F)ncc2N)CC1. The highest BCUT2D eigenvalue weighted by Gasteiger charge is 2.33. The molecule has 0 amide bonds. The van der Waals surface area contributed by atoms with Crippen LogP contribution in [0.1, 0.15) is 18.5 Å². The van der Waals surface area contributed by atoms with Crippen LogP contribution >= 0.6 is 0 Å². The molecule has 0 unspecified atom stereocenters. The van der Waals surface area contributed by atoms with E-state index >= 15 is 0 Å². The zero-order chi connectivity index (χ0) is 15.6. The van der Waals surface area contributed by atoms with Crippen LogP contribution in [0.5, 0.6) is 0 Å². The summed E-state index contributed by atoms with van der Waals surface area (Å²) in [5.74, 6) is 0.480. The molecule has 1 aromatic heterocycles. The number of nitrogens with two attached hydrogens (primary N) is 1. The van der Waals surface area contributed by atoms with E-state index in [1.165, 1.54) is 0 Å². The number of nitrogen functional groups attached to an aromatic ring is 1. The average Bonchev–Trinajstić information content (AvgIpc) is 2.40. The van der Waals surface area contributed by atoms with Gasteiger partial charge in [0.25, 0.3) is 0 Å². The van der Waals surface area contributed by atoms with Gasteiger partial charge in [0.1, 0.15) is 5.69 Å². The molecule has 1 aromatic rings. The van der Waals surface area contributed by atoms with E-state index in [-0.39, 0.29) is 5.69 Å². The normalized spacial score (nSPS) is 18.0. The van der Waals surface area contributed by atoms with Crippen molar-refractivity contribution in [2.75, 3.05) is 44.4 Å². The predicted molar refractivity (Wildman–Crippen MR) is 77.1 cm³/mol. The van der Waals surface area contributed by atoms with Crippen molar-refractivity contribution in [3.05, 3.63) is 18.0 Å². The summed E-state index contributed by atoms with van der Waals surface area (Å²) in [5.41, 5.74) is 5.56. The van der Waals surface area contributed by atoms with Gasteiger partial charge in [0.15, 0.2) is 0 Å². The lowest BCUT2D eigenvalue weighted by molar-refractivity contribution is -0.141. The number of aromatic nitrogens is 1. The molecule has 0 saturated carbocycles. The first kappa shape index (κ1) is 15.9. The van der Waals surface area contributed by atoms with E-state index in [2.05, 4.69) is 16.9 Å². The number of hydrogen-bond acceptors (Lipinski definition) is 4. The van der Waals surface area contributed by atoms with Gasteiger partial charge in [0.2, 0.25) is 0 Å². The van der Waals surface area contributed by atoms with Crippen molar-refractivity contribution in [2.45, 2.75) is 19.0 Å². The van der Waals surface area contributed by atoms with Crippen LogP contribution in [0.3, 0.4) is 0 Å². The smallest absolute Gasteiger partial charge is 0.396 e. The second kappa shape index (κ2) is 6.09. The van der Waals surface area contributed by atoms with Gasteiger partial charge in [0.05, 0.1) is 17.6 Å². The van der Waals surface area contributed by atoms with E-state index in [0.717, 1.165) is 38.2 Å². The number of rotatable bonds is 3. The highest BCUT2D eigenvalue weighted by atomic mass is 19.4. The van der Waals surface area contributed by atoms with Crippen LogP contribution in [0, 0.1) is 5.92 Å². The Morgan fingerprint density at radius 2 is 2.00 bits per heavy atom. The lowest BCUT2D eigenvalue weighted by Crippen LogP contribution is -2.36. The predicted octanol–water partition coefficient (Wildman–Crippen LogP) is 2.46. The summed E-state index contributed by atoms with van der Waals surface area (Å²) in [7, 11) is 3.86. The van der Waals surface area contributed by atoms with E-state index in [0.29, 0.717) is 18.2 Å². The summed E-state index contributed by atoms with van der Waals surface area (Å²) >= 11 is 0. The van der Waals surface area contributed by atoms with E-state index in [1.54, 1.807) is 7.05 Å². The maximum atomic E-state index is 12.7. The molecule has 2 N–H and O–H groups in total. The number of anilines is 2. The molecule has 1 fully saturated rings. The summed E-state index contributed by atoms with van der Waals surface area (Å²) < 4.78 is 38.2. The molecule has 0 aromatic carbocycles. The van der Waals surface area contributed by atoms with Gasteiger partial charge in [-0.05, 0) is 45.0 Å². The number of pyridine rings is 1. The van der Waals surface area contributed by atoms with Crippen LogP contribution in [0.4, 0.5) is 24.5 Å². The lowest BCUT2D eigenvalue weighted by atomic mass is 9.96. The van der Waals surface area contributed by atoms with Gasteiger partial charge in [-0.25, -0.2) is 4.98 Å². The van der Waals surface area contributed by atoms with Gasteiger partial charge >= 0.3 is 6.18 Å². The molecular formula is C14H21F3N4. The number of hydrogen-bond donors (Lipinski definition) is 1. The molecule has 1 aliphatic rings. The van der Waals surface area contributed by atoms with Gasteiger partial charge in [0, 0.05) is 13.6 Å². The van der Waals surface area contributed by atoms with Gasteiger partial charge < -0.3 is 15.5 Å². The molecule has 0 spiro atoms. The molecule has 1 aliphatic heterocycles. The highest BCUT2D eigenvalue weighted by Crippen LogP contribution is 2.33. The minimum Gasteiger partial charge on any atom is -0.396 e. The first-order chi connectivity index (χ1) is 9.77. The number of likely N-dealkylation sites (tertiary alicyclic amines) is 1. The van der Waals surface area contributed by atoms with Crippen molar-refractivity contribution in [1.29, 1.82) is 0 Å². The van der Waals surface area contributed by atoms with Crippen molar-refractivity contribution >= 4 is 11.4 Å². The van der Waals surface area contributed by atoms with Crippen LogP contribution in [-0.4, -0.2) is 43.6 Å². The third-order valence-corrected chi connectivity index (χ3v) is 3.98. The van der Waals surface area contributed by atoms with Gasteiger partial charge in [-0.2, -0.15) is 13.2 Å². The van der Waals surface area contributed by atoms with Gasteiger partial charge in [-0.3, -0.25) is 0 Å². The topological polar surface area (TPSA) is 45.4 Å². The van der Waals surface area contributed by atoms with Crippen LogP contribution in [0.25, 0.3) is 0 Å². The van der Waals surface area contributed by atoms with E-state index < -0.39 is 11.9 Å². The van der Waals surface area contributed by atoms with E-state index in [1.807, 2.05) is 4.90 Å². The van der Waals surface area contributed by atoms with E-state index in [4.69, 9.17) is 5.73 Å². The lowest BCUT2D eigenvalue weighted by Gasteiger charge is -2.32. The molecule has 4 nitrogen and oxygen atoms in total. The highest BCUT2D eigenvalue weighted by molar-refractivity contribution is 5.66. The monoisotopic (exact) mass is 302 g/mol. The maximum Gasteiger partial charge on any atom is 0.433 e. The molecule has 21 heavy (non-hydrogen) atoms. The molecule has 118 valence electrons. The van der Waals surface area contributed by atoms with Crippen LogP contribution in [0.2, 0.25) is 0 Å². The van der Waals surface area contributed by atoms with Crippen LogP contribution in [0.15, 0.2) is 12.3 Å². The van der Waals surface area contributed by atoms with E-state index in [9.17, 15) is 13.2 Å². The second-order valence-electron chi connectivity index (χ2n) is 5.75. The molecular weight excluding hydrogens is 281 g/mol. The minimum atomic E-state index is -4.45. The molecule has 7 heteroatoms. The Morgan fingerprint density at radius 3 is 2.57 bits per heavy atom. The molecule has 0 atom stereocenters. The maximum absolute atomic E-state index is 12.7. The van der Waals surface area contributed by atoms with Crippen molar-refractivity contribution < 1.29 is 13.2 Å². The van der Waals surface area contributed by atoms with Crippen molar-refractivity contribution in [3.8, 4) is 0 Å². The first-order valence-electron chi connectivity index (χ1n) is 6.99. The molecule has 2 rings (SSSR count). The number of halogens is 3.